The molecule has 4 rings (SSSR count). The van der Waals surface area contributed by atoms with Crippen molar-refractivity contribution in [2.45, 2.75) is 57.5 Å². The lowest BCUT2D eigenvalue weighted by molar-refractivity contribution is -0.134. The van der Waals surface area contributed by atoms with Gasteiger partial charge >= 0.3 is 0 Å². The summed E-state index contributed by atoms with van der Waals surface area (Å²) in [6.07, 6.45) is 11.1. The first-order valence-corrected chi connectivity index (χ1v) is 7.58. The van der Waals surface area contributed by atoms with Gasteiger partial charge in [-0.3, -0.25) is 4.79 Å². The molecule has 0 aromatic heterocycles. The van der Waals surface area contributed by atoms with Crippen LogP contribution in [0.4, 0.5) is 0 Å². The molecule has 18 heavy (non-hydrogen) atoms. The molecule has 3 aliphatic carbocycles. The van der Waals surface area contributed by atoms with Crippen LogP contribution in [0.3, 0.4) is 0 Å². The van der Waals surface area contributed by atoms with Crippen molar-refractivity contribution >= 4 is 5.78 Å². The van der Waals surface area contributed by atoms with Gasteiger partial charge in [0.1, 0.15) is 0 Å². The second kappa shape index (κ2) is 3.47. The highest BCUT2D eigenvalue weighted by Gasteiger charge is 2.71. The second-order valence-electron chi connectivity index (χ2n) is 6.96. The van der Waals surface area contributed by atoms with Crippen LogP contribution in [0.1, 0.15) is 51.9 Å². The van der Waals surface area contributed by atoms with Gasteiger partial charge in [0, 0.05) is 5.41 Å². The number of fused-ring (bicyclic) bond motifs is 2. The third-order valence-electron chi connectivity index (χ3n) is 6.20. The van der Waals surface area contributed by atoms with E-state index < -0.39 is 5.60 Å². The SMILES string of the molecule is C[C@]12CC[C@H]1C=C(C1CCCCC1)C(=O)[C@]21CO1. The molecular weight excluding hydrogens is 224 g/mol. The van der Waals surface area contributed by atoms with E-state index in [1.54, 1.807) is 0 Å². The van der Waals surface area contributed by atoms with Gasteiger partial charge in [0.05, 0.1) is 6.61 Å². The van der Waals surface area contributed by atoms with Crippen LogP contribution in [-0.4, -0.2) is 18.0 Å². The molecule has 4 aliphatic rings. The lowest BCUT2D eigenvalue weighted by Gasteiger charge is -2.53. The number of carbonyl (C=O) groups excluding carboxylic acids is 1. The number of epoxide rings is 1. The van der Waals surface area contributed by atoms with Crippen LogP contribution < -0.4 is 0 Å². The van der Waals surface area contributed by atoms with E-state index in [1.165, 1.54) is 38.5 Å². The van der Waals surface area contributed by atoms with Crippen molar-refractivity contribution in [3.8, 4) is 0 Å². The maximum absolute atomic E-state index is 12.8. The molecule has 1 saturated heterocycles. The van der Waals surface area contributed by atoms with Crippen molar-refractivity contribution in [1.29, 1.82) is 0 Å². The molecule has 2 saturated carbocycles. The summed E-state index contributed by atoms with van der Waals surface area (Å²) in [6.45, 7) is 2.95. The number of hydrogen-bond acceptors (Lipinski definition) is 2. The van der Waals surface area contributed by atoms with Gasteiger partial charge in [-0.15, -0.1) is 0 Å². The fourth-order valence-electron chi connectivity index (χ4n) is 4.57. The van der Waals surface area contributed by atoms with E-state index in [1.807, 2.05) is 0 Å². The molecule has 1 aliphatic heterocycles. The number of rotatable bonds is 1. The smallest absolute Gasteiger partial charge is 0.193 e. The molecule has 0 bridgehead atoms. The minimum Gasteiger partial charge on any atom is -0.360 e. The molecule has 1 heterocycles. The molecule has 0 aromatic carbocycles. The average molecular weight is 246 g/mol. The van der Waals surface area contributed by atoms with E-state index in [9.17, 15) is 4.79 Å². The zero-order valence-corrected chi connectivity index (χ0v) is 11.2. The molecule has 0 aromatic rings. The van der Waals surface area contributed by atoms with E-state index >= 15 is 0 Å². The average Bonchev–Trinajstić information content (AvgIpc) is 3.18. The molecule has 0 radical (unpaired) electrons. The molecule has 1 spiro atoms. The number of allylic oxidation sites excluding steroid dienone is 1. The van der Waals surface area contributed by atoms with E-state index in [0.717, 1.165) is 12.0 Å². The quantitative estimate of drug-likeness (QED) is 0.665. The Hall–Kier alpha value is -0.630. The standard InChI is InChI=1S/C16H22O2/c1-15-8-7-12(15)9-13(11-5-3-2-4-6-11)14(17)16(15)10-18-16/h9,11-12H,2-8,10H2,1H3/t12-,15-,16+/m0/s1. The van der Waals surface area contributed by atoms with Crippen molar-refractivity contribution in [2.24, 2.45) is 17.3 Å². The summed E-state index contributed by atoms with van der Waals surface area (Å²) in [5.74, 6) is 1.50. The van der Waals surface area contributed by atoms with Gasteiger partial charge in [-0.1, -0.05) is 32.3 Å². The van der Waals surface area contributed by atoms with Crippen molar-refractivity contribution in [3.05, 3.63) is 11.6 Å². The zero-order valence-electron chi connectivity index (χ0n) is 11.2. The van der Waals surface area contributed by atoms with Gasteiger partial charge in [0.2, 0.25) is 0 Å². The summed E-state index contributed by atoms with van der Waals surface area (Å²) >= 11 is 0. The lowest BCUT2D eigenvalue weighted by atomic mass is 9.50. The highest BCUT2D eigenvalue weighted by atomic mass is 16.6. The Morgan fingerprint density at radius 2 is 1.94 bits per heavy atom. The summed E-state index contributed by atoms with van der Waals surface area (Å²) in [5.41, 5.74) is 0.883. The highest BCUT2D eigenvalue weighted by molar-refractivity contribution is 6.06. The fraction of sp³-hybridized carbons (Fsp3) is 0.812. The van der Waals surface area contributed by atoms with Gasteiger partial charge < -0.3 is 4.74 Å². The Kier molecular flexibility index (Phi) is 2.16. The minimum atomic E-state index is -0.391. The topological polar surface area (TPSA) is 29.6 Å². The zero-order chi connectivity index (χ0) is 12.4. The number of carbonyl (C=O) groups is 1. The van der Waals surface area contributed by atoms with Crippen molar-refractivity contribution in [1.82, 2.24) is 0 Å². The van der Waals surface area contributed by atoms with Gasteiger partial charge in [-0.25, -0.2) is 0 Å². The van der Waals surface area contributed by atoms with Crippen LogP contribution >= 0.6 is 0 Å². The van der Waals surface area contributed by atoms with Gasteiger partial charge in [0.25, 0.3) is 0 Å². The van der Waals surface area contributed by atoms with Crippen LogP contribution in [0.5, 0.6) is 0 Å². The first-order chi connectivity index (χ1) is 8.67. The number of Topliss-reactive ketones (excluding diaryl/α,β-unsaturated/α-hetero) is 1. The Labute approximate surface area is 109 Å². The third-order valence-corrected chi connectivity index (χ3v) is 6.20. The number of ketones is 1. The Bertz CT molecular complexity index is 426. The largest absolute Gasteiger partial charge is 0.360 e. The van der Waals surface area contributed by atoms with Crippen molar-refractivity contribution in [2.75, 3.05) is 6.61 Å². The lowest BCUT2D eigenvalue weighted by Crippen LogP contribution is -2.56. The third kappa shape index (κ3) is 1.20. The van der Waals surface area contributed by atoms with Gasteiger partial charge in [0.15, 0.2) is 11.4 Å². The van der Waals surface area contributed by atoms with Crippen molar-refractivity contribution in [3.63, 3.8) is 0 Å². The molecule has 0 N–H and O–H groups in total. The molecule has 0 unspecified atom stereocenters. The number of hydrogen-bond donors (Lipinski definition) is 0. The van der Waals surface area contributed by atoms with Crippen LogP contribution in [0.25, 0.3) is 0 Å². The van der Waals surface area contributed by atoms with Crippen LogP contribution in [0.15, 0.2) is 11.6 Å². The summed E-state index contributed by atoms with van der Waals surface area (Å²) in [6, 6.07) is 0. The fourth-order valence-corrected chi connectivity index (χ4v) is 4.57. The van der Waals surface area contributed by atoms with Gasteiger partial charge in [-0.05, 0) is 43.1 Å². The van der Waals surface area contributed by atoms with E-state index in [4.69, 9.17) is 4.74 Å². The Morgan fingerprint density at radius 1 is 1.22 bits per heavy atom. The van der Waals surface area contributed by atoms with Crippen LogP contribution in [0.2, 0.25) is 0 Å². The summed E-state index contributed by atoms with van der Waals surface area (Å²) in [7, 11) is 0. The molecule has 3 atom stereocenters. The van der Waals surface area contributed by atoms with Crippen LogP contribution in [-0.2, 0) is 9.53 Å². The van der Waals surface area contributed by atoms with Crippen molar-refractivity contribution < 1.29 is 9.53 Å². The summed E-state index contributed by atoms with van der Waals surface area (Å²) in [5, 5.41) is 0. The Balaban J connectivity index is 1.69. The first kappa shape index (κ1) is 11.2. The maximum Gasteiger partial charge on any atom is 0.193 e. The maximum atomic E-state index is 12.8. The summed E-state index contributed by atoms with van der Waals surface area (Å²) < 4.78 is 5.72. The van der Waals surface area contributed by atoms with Gasteiger partial charge in [-0.2, -0.15) is 0 Å². The van der Waals surface area contributed by atoms with E-state index in [0.29, 0.717) is 24.2 Å². The molecule has 3 fully saturated rings. The monoisotopic (exact) mass is 246 g/mol. The predicted octanol–water partition coefficient (Wildman–Crippen LogP) is 3.26. The minimum absolute atomic E-state index is 0.127. The second-order valence-corrected chi connectivity index (χ2v) is 6.96. The molecule has 2 nitrogen and oxygen atoms in total. The van der Waals surface area contributed by atoms with E-state index in [2.05, 4.69) is 13.0 Å². The normalized spacial score (nSPS) is 47.5. The molecule has 2 heteroatoms. The summed E-state index contributed by atoms with van der Waals surface area (Å²) in [4.78, 5) is 12.8. The van der Waals surface area contributed by atoms with E-state index in [-0.39, 0.29) is 5.41 Å². The molecule has 0 amide bonds. The number of ether oxygens (including phenoxy) is 1. The first-order valence-electron chi connectivity index (χ1n) is 7.58. The predicted molar refractivity (Wildman–Crippen MR) is 69.2 cm³/mol. The molecular formula is C16H22O2. The Morgan fingerprint density at radius 3 is 2.50 bits per heavy atom. The van der Waals surface area contributed by atoms with Crippen LogP contribution in [0, 0.1) is 17.3 Å². The highest BCUT2D eigenvalue weighted by Crippen LogP contribution is 2.64. The molecule has 98 valence electrons.